The minimum Gasteiger partial charge on any atom is -0.456 e. The van der Waals surface area contributed by atoms with Crippen LogP contribution in [0, 0.1) is 0 Å². The van der Waals surface area contributed by atoms with Gasteiger partial charge in [0.2, 0.25) is 0 Å². The molecule has 0 bridgehead atoms. The number of hydrogen-bond acceptors (Lipinski definition) is 5. The third-order valence-corrected chi connectivity index (χ3v) is 11.1. The molecule has 0 N–H and O–H groups in total. The van der Waals surface area contributed by atoms with Gasteiger partial charge in [-0.05, 0) is 75.5 Å². The molecule has 0 aliphatic carbocycles. The topological polar surface area (TPSA) is 55.1 Å². The lowest BCUT2D eigenvalue weighted by molar-refractivity contribution is 0.669. The number of nitrogens with zero attached hydrogens (tertiary/aromatic N) is 4. The first kappa shape index (κ1) is 35.0. The molecule has 0 radical (unpaired) electrons. The Hall–Kier alpha value is -8.15. The molecule has 0 amide bonds. The van der Waals surface area contributed by atoms with Gasteiger partial charge in [-0.25, -0.2) is 15.0 Å². The lowest BCUT2D eigenvalue weighted by Gasteiger charge is -2.26. The summed E-state index contributed by atoms with van der Waals surface area (Å²) < 4.78 is 6.70. The van der Waals surface area contributed by atoms with Gasteiger partial charge in [-0.1, -0.05) is 170 Å². The van der Waals surface area contributed by atoms with Gasteiger partial charge in [-0.2, -0.15) is 0 Å². The summed E-state index contributed by atoms with van der Waals surface area (Å²) in [5.74, 6) is 1.82. The summed E-state index contributed by atoms with van der Waals surface area (Å²) >= 11 is 0. The zero-order valence-electron chi connectivity index (χ0n) is 32.5. The maximum atomic E-state index is 6.70. The van der Waals surface area contributed by atoms with Gasteiger partial charge in [0.1, 0.15) is 11.2 Å². The molecule has 0 unspecified atom stereocenters. The molecule has 0 spiro atoms. The molecule has 9 aromatic carbocycles. The minimum absolute atomic E-state index is 0.589. The van der Waals surface area contributed by atoms with Gasteiger partial charge in [-0.3, -0.25) is 0 Å². The molecule has 5 heteroatoms. The number of fused-ring (bicyclic) bond motifs is 4. The Labute approximate surface area is 347 Å². The molecule has 11 aromatic rings. The highest BCUT2D eigenvalue weighted by Crippen LogP contribution is 2.42. The van der Waals surface area contributed by atoms with Crippen molar-refractivity contribution in [3.05, 3.63) is 218 Å². The number of anilines is 3. The summed E-state index contributed by atoms with van der Waals surface area (Å²) in [6, 6.07) is 75.8. The van der Waals surface area contributed by atoms with Crippen LogP contribution in [-0.2, 0) is 0 Å². The van der Waals surface area contributed by atoms with Gasteiger partial charge in [0, 0.05) is 50.6 Å². The number of aromatic nitrogens is 3. The number of benzene rings is 9. The summed E-state index contributed by atoms with van der Waals surface area (Å²) in [5, 5.41) is 4.41. The van der Waals surface area contributed by atoms with Gasteiger partial charge in [-0.15, -0.1) is 0 Å². The van der Waals surface area contributed by atoms with E-state index in [2.05, 4.69) is 144 Å². The molecule has 0 fully saturated rings. The lowest BCUT2D eigenvalue weighted by atomic mass is 9.98. The Bertz CT molecular complexity index is 3230. The fourth-order valence-electron chi connectivity index (χ4n) is 8.22. The molecule has 0 aliphatic rings. The Kier molecular flexibility index (Phi) is 8.75. The van der Waals surface area contributed by atoms with E-state index in [0.29, 0.717) is 17.5 Å². The first-order valence-electron chi connectivity index (χ1n) is 20.1. The normalized spacial score (nSPS) is 11.3. The highest BCUT2D eigenvalue weighted by molar-refractivity contribution is 6.12. The quantitative estimate of drug-likeness (QED) is 0.154. The van der Waals surface area contributed by atoms with Crippen molar-refractivity contribution < 1.29 is 4.42 Å². The van der Waals surface area contributed by atoms with E-state index in [1.165, 1.54) is 27.5 Å². The molecule has 0 aliphatic heterocycles. The van der Waals surface area contributed by atoms with E-state index >= 15 is 0 Å². The van der Waals surface area contributed by atoms with Crippen molar-refractivity contribution in [3.63, 3.8) is 0 Å². The van der Waals surface area contributed by atoms with E-state index in [9.17, 15) is 0 Å². The van der Waals surface area contributed by atoms with E-state index < -0.39 is 0 Å². The molecule has 11 rings (SSSR count). The largest absolute Gasteiger partial charge is 0.456 e. The summed E-state index contributed by atoms with van der Waals surface area (Å²) in [6.07, 6.45) is 0. The Morgan fingerprint density at radius 2 is 0.817 bits per heavy atom. The highest BCUT2D eigenvalue weighted by Gasteiger charge is 2.20. The van der Waals surface area contributed by atoms with Crippen LogP contribution in [0.1, 0.15) is 0 Å². The van der Waals surface area contributed by atoms with Gasteiger partial charge in [0.15, 0.2) is 17.5 Å². The zero-order chi connectivity index (χ0) is 39.8. The first-order chi connectivity index (χ1) is 29.7. The van der Waals surface area contributed by atoms with Crippen LogP contribution in [0.2, 0.25) is 0 Å². The van der Waals surface area contributed by atoms with Crippen LogP contribution in [0.15, 0.2) is 223 Å². The highest BCUT2D eigenvalue weighted by atomic mass is 16.3. The van der Waals surface area contributed by atoms with Crippen LogP contribution in [-0.4, -0.2) is 15.0 Å². The van der Waals surface area contributed by atoms with Crippen LogP contribution in [0.25, 0.3) is 89.1 Å². The Morgan fingerprint density at radius 1 is 0.317 bits per heavy atom. The zero-order valence-corrected chi connectivity index (χ0v) is 32.5. The molecular weight excluding hydrogens is 733 g/mol. The van der Waals surface area contributed by atoms with E-state index in [0.717, 1.165) is 61.3 Å². The molecule has 0 atom stereocenters. The summed E-state index contributed by atoms with van der Waals surface area (Å²) in [5.41, 5.74) is 12.0. The van der Waals surface area contributed by atoms with Crippen molar-refractivity contribution in [2.45, 2.75) is 0 Å². The second kappa shape index (κ2) is 15.0. The predicted molar refractivity (Wildman–Crippen MR) is 246 cm³/mol. The molecular formula is C55H36N4O. The summed E-state index contributed by atoms with van der Waals surface area (Å²) in [4.78, 5) is 17.3. The first-order valence-corrected chi connectivity index (χ1v) is 20.1. The standard InChI is InChI=1S/C55H36N4O/c1-4-14-37(15-5-1)38-26-30-43(31-27-38)59(44-32-28-40(29-33-44)47-23-12-21-39-16-10-11-22-46(39)47)45-34-35-48-51(36-45)60-50-25-13-24-49(52(48)50)55-57-53(41-17-6-2-7-18-41)56-54(58-55)42-19-8-3-9-20-42/h1-36H. The molecule has 282 valence electrons. The van der Waals surface area contributed by atoms with E-state index in [1.54, 1.807) is 0 Å². The number of hydrogen-bond donors (Lipinski definition) is 0. The van der Waals surface area contributed by atoms with Crippen LogP contribution < -0.4 is 4.90 Å². The van der Waals surface area contributed by atoms with E-state index in [-0.39, 0.29) is 0 Å². The third-order valence-electron chi connectivity index (χ3n) is 11.1. The lowest BCUT2D eigenvalue weighted by Crippen LogP contribution is -2.09. The van der Waals surface area contributed by atoms with Crippen LogP contribution >= 0.6 is 0 Å². The third kappa shape index (κ3) is 6.45. The molecule has 5 nitrogen and oxygen atoms in total. The molecule has 60 heavy (non-hydrogen) atoms. The fourth-order valence-corrected chi connectivity index (χ4v) is 8.22. The van der Waals surface area contributed by atoms with Gasteiger partial charge in [0.25, 0.3) is 0 Å². The number of rotatable bonds is 8. The summed E-state index contributed by atoms with van der Waals surface area (Å²) in [6.45, 7) is 0. The van der Waals surface area contributed by atoms with Crippen LogP contribution in [0.5, 0.6) is 0 Å². The molecule has 2 heterocycles. The maximum Gasteiger partial charge on any atom is 0.164 e. The van der Waals surface area contributed by atoms with Crippen molar-refractivity contribution in [1.82, 2.24) is 15.0 Å². The van der Waals surface area contributed by atoms with E-state index in [1.807, 2.05) is 78.9 Å². The van der Waals surface area contributed by atoms with Crippen molar-refractivity contribution in [2.24, 2.45) is 0 Å². The van der Waals surface area contributed by atoms with Gasteiger partial charge in [0.05, 0.1) is 0 Å². The monoisotopic (exact) mass is 768 g/mol. The second-order valence-electron chi connectivity index (χ2n) is 14.8. The SMILES string of the molecule is c1ccc(-c2ccc(N(c3ccc(-c4cccc5ccccc45)cc3)c3ccc4c(c3)oc3cccc(-c5nc(-c6ccccc6)nc(-c6ccccc6)n5)c34)cc2)cc1. The van der Waals surface area contributed by atoms with Crippen molar-refractivity contribution in [2.75, 3.05) is 4.90 Å². The summed E-state index contributed by atoms with van der Waals surface area (Å²) in [7, 11) is 0. The average molecular weight is 769 g/mol. The Morgan fingerprint density at radius 3 is 1.48 bits per heavy atom. The van der Waals surface area contributed by atoms with Crippen LogP contribution in [0.3, 0.4) is 0 Å². The van der Waals surface area contributed by atoms with Crippen molar-refractivity contribution in [3.8, 4) is 56.4 Å². The molecule has 0 saturated carbocycles. The minimum atomic E-state index is 0.589. The second-order valence-corrected chi connectivity index (χ2v) is 14.8. The van der Waals surface area contributed by atoms with Crippen molar-refractivity contribution in [1.29, 1.82) is 0 Å². The Balaban J connectivity index is 1.04. The van der Waals surface area contributed by atoms with Gasteiger partial charge >= 0.3 is 0 Å². The molecule has 0 saturated heterocycles. The van der Waals surface area contributed by atoms with Crippen molar-refractivity contribution >= 4 is 49.8 Å². The smallest absolute Gasteiger partial charge is 0.164 e. The number of furan rings is 1. The maximum absolute atomic E-state index is 6.70. The predicted octanol–water partition coefficient (Wildman–Crippen LogP) is 14.7. The van der Waals surface area contributed by atoms with E-state index in [4.69, 9.17) is 19.4 Å². The fraction of sp³-hybridized carbons (Fsp3) is 0. The van der Waals surface area contributed by atoms with Gasteiger partial charge < -0.3 is 9.32 Å². The molecule has 2 aromatic heterocycles. The average Bonchev–Trinajstić information content (AvgIpc) is 3.71. The van der Waals surface area contributed by atoms with Crippen LogP contribution in [0.4, 0.5) is 17.1 Å².